The largest absolute Gasteiger partial charge is 0.397 e. The summed E-state index contributed by atoms with van der Waals surface area (Å²) >= 11 is 1.27. The van der Waals surface area contributed by atoms with Crippen molar-refractivity contribution >= 4 is 39.0 Å². The van der Waals surface area contributed by atoms with Crippen LogP contribution in [-0.4, -0.2) is 43.3 Å². The molecule has 2 aliphatic heterocycles. The Morgan fingerprint density at radius 1 is 1.27 bits per heavy atom. The van der Waals surface area contributed by atoms with Crippen LogP contribution >= 0.6 is 11.3 Å². The SMILES string of the molecule is CC.CC1Cc2c(c(N3CCOCC3)nc3sc(C(N)=O)c(N)c23)CO1. The molecule has 2 aliphatic rings. The number of hydrogen-bond donors (Lipinski definition) is 2. The molecule has 142 valence electrons. The summed E-state index contributed by atoms with van der Waals surface area (Å²) in [7, 11) is 0. The first-order valence-corrected chi connectivity index (χ1v) is 9.85. The fourth-order valence-electron chi connectivity index (χ4n) is 3.42. The number of nitrogen functional groups attached to an aromatic ring is 1. The van der Waals surface area contributed by atoms with Crippen LogP contribution in [0.15, 0.2) is 0 Å². The first-order valence-electron chi connectivity index (χ1n) is 9.04. The number of thiophene rings is 1. The van der Waals surface area contributed by atoms with Crippen molar-refractivity contribution in [1.82, 2.24) is 4.98 Å². The van der Waals surface area contributed by atoms with Gasteiger partial charge in [-0.15, -0.1) is 11.3 Å². The van der Waals surface area contributed by atoms with Gasteiger partial charge in [-0.25, -0.2) is 4.98 Å². The van der Waals surface area contributed by atoms with Gasteiger partial charge in [0.2, 0.25) is 0 Å². The van der Waals surface area contributed by atoms with Crippen molar-refractivity contribution in [1.29, 1.82) is 0 Å². The van der Waals surface area contributed by atoms with E-state index < -0.39 is 5.91 Å². The Kier molecular flexibility index (Phi) is 5.64. The maximum atomic E-state index is 11.7. The smallest absolute Gasteiger partial charge is 0.260 e. The molecule has 26 heavy (non-hydrogen) atoms. The van der Waals surface area contributed by atoms with Gasteiger partial charge in [-0.05, 0) is 18.9 Å². The monoisotopic (exact) mass is 378 g/mol. The fourth-order valence-corrected chi connectivity index (χ4v) is 4.39. The third kappa shape index (κ3) is 3.24. The molecule has 4 rings (SSSR count). The molecular formula is C18H26N4O3S. The molecule has 1 amide bonds. The van der Waals surface area contributed by atoms with Crippen molar-refractivity contribution in [2.24, 2.45) is 5.73 Å². The summed E-state index contributed by atoms with van der Waals surface area (Å²) in [6.45, 7) is 9.51. The van der Waals surface area contributed by atoms with E-state index in [1.54, 1.807) is 0 Å². The molecule has 0 aromatic carbocycles. The van der Waals surface area contributed by atoms with Crippen molar-refractivity contribution in [2.45, 2.75) is 39.9 Å². The van der Waals surface area contributed by atoms with E-state index in [9.17, 15) is 4.79 Å². The lowest BCUT2D eigenvalue weighted by Crippen LogP contribution is -2.38. The molecule has 0 saturated carbocycles. The number of hydrogen-bond acceptors (Lipinski definition) is 7. The van der Waals surface area contributed by atoms with Crippen LogP contribution in [0.4, 0.5) is 11.5 Å². The summed E-state index contributed by atoms with van der Waals surface area (Å²) in [5, 5.41) is 0.871. The Morgan fingerprint density at radius 3 is 2.62 bits per heavy atom. The summed E-state index contributed by atoms with van der Waals surface area (Å²) in [6, 6.07) is 0. The molecule has 1 unspecified atom stereocenters. The summed E-state index contributed by atoms with van der Waals surface area (Å²) in [5.74, 6) is 0.419. The van der Waals surface area contributed by atoms with Crippen LogP contribution in [0, 0.1) is 0 Å². The van der Waals surface area contributed by atoms with Gasteiger partial charge in [-0.2, -0.15) is 0 Å². The predicted molar refractivity (Wildman–Crippen MR) is 105 cm³/mol. The highest BCUT2D eigenvalue weighted by Crippen LogP contribution is 2.41. The van der Waals surface area contributed by atoms with Crippen molar-refractivity contribution in [3.05, 3.63) is 16.0 Å². The fraction of sp³-hybridized carbons (Fsp3) is 0.556. The van der Waals surface area contributed by atoms with Gasteiger partial charge in [0, 0.05) is 24.0 Å². The van der Waals surface area contributed by atoms with Crippen molar-refractivity contribution < 1.29 is 14.3 Å². The summed E-state index contributed by atoms with van der Waals surface area (Å²) < 4.78 is 11.3. The minimum absolute atomic E-state index is 0.108. The van der Waals surface area contributed by atoms with Crippen LogP contribution in [0.1, 0.15) is 41.6 Å². The third-order valence-corrected chi connectivity index (χ3v) is 5.72. The van der Waals surface area contributed by atoms with E-state index in [0.29, 0.717) is 30.4 Å². The average Bonchev–Trinajstić information content (AvgIpc) is 3.00. The van der Waals surface area contributed by atoms with E-state index in [2.05, 4.69) is 4.90 Å². The Morgan fingerprint density at radius 2 is 1.96 bits per heavy atom. The normalized spacial score (nSPS) is 19.7. The van der Waals surface area contributed by atoms with E-state index in [0.717, 1.165) is 46.7 Å². The number of carbonyl (C=O) groups excluding carboxylic acids is 1. The number of nitrogens with two attached hydrogens (primary N) is 2. The van der Waals surface area contributed by atoms with Crippen LogP contribution in [0.5, 0.6) is 0 Å². The number of rotatable bonds is 2. The van der Waals surface area contributed by atoms with Gasteiger partial charge < -0.3 is 25.8 Å². The Balaban J connectivity index is 0.000000948. The Labute approximate surface area is 157 Å². The second-order valence-electron chi connectivity index (χ2n) is 6.21. The number of primary amides is 1. The molecular weight excluding hydrogens is 352 g/mol. The van der Waals surface area contributed by atoms with Crippen molar-refractivity contribution in [2.75, 3.05) is 36.9 Å². The molecule has 4 heterocycles. The molecule has 1 saturated heterocycles. The minimum atomic E-state index is -0.503. The Hall–Kier alpha value is -1.90. The highest BCUT2D eigenvalue weighted by atomic mass is 32.1. The van der Waals surface area contributed by atoms with Crippen molar-refractivity contribution in [3.63, 3.8) is 0 Å². The maximum absolute atomic E-state index is 11.7. The van der Waals surface area contributed by atoms with E-state index in [4.69, 9.17) is 25.9 Å². The molecule has 8 heteroatoms. The van der Waals surface area contributed by atoms with Gasteiger partial charge in [0.25, 0.3) is 5.91 Å². The van der Waals surface area contributed by atoms with Crippen LogP contribution in [0.25, 0.3) is 10.2 Å². The number of carbonyl (C=O) groups is 1. The lowest BCUT2D eigenvalue weighted by Gasteiger charge is -2.32. The van der Waals surface area contributed by atoms with E-state index >= 15 is 0 Å². The molecule has 0 spiro atoms. The summed E-state index contributed by atoms with van der Waals surface area (Å²) in [6.07, 6.45) is 0.863. The van der Waals surface area contributed by atoms with Crippen LogP contribution in [-0.2, 0) is 22.5 Å². The first kappa shape index (κ1) is 18.9. The topological polar surface area (TPSA) is 104 Å². The standard InChI is InChI=1S/C16H20N4O3S.C2H6/c1-8-6-9-10(7-23-8)15(20-2-4-22-5-3-20)19-16-11(9)12(17)13(24-16)14(18)21;1-2/h8H,2-7,17H2,1H3,(H2,18,21);1-2H3. The van der Waals surface area contributed by atoms with Gasteiger partial charge in [-0.1, -0.05) is 13.8 Å². The second kappa shape index (κ2) is 7.77. The lowest BCUT2D eigenvalue weighted by molar-refractivity contribution is 0.0413. The molecule has 0 radical (unpaired) electrons. The zero-order valence-electron chi connectivity index (χ0n) is 15.5. The van der Waals surface area contributed by atoms with E-state index in [-0.39, 0.29) is 6.10 Å². The van der Waals surface area contributed by atoms with Crippen LogP contribution < -0.4 is 16.4 Å². The summed E-state index contributed by atoms with van der Waals surface area (Å²) in [5.41, 5.74) is 14.4. The molecule has 1 atom stereocenters. The zero-order valence-corrected chi connectivity index (χ0v) is 16.3. The summed E-state index contributed by atoms with van der Waals surface area (Å²) in [4.78, 5) is 19.9. The number of amides is 1. The lowest BCUT2D eigenvalue weighted by atomic mass is 9.96. The number of anilines is 2. The highest BCUT2D eigenvalue weighted by molar-refractivity contribution is 7.21. The molecule has 1 fully saturated rings. The third-order valence-electron chi connectivity index (χ3n) is 4.61. The maximum Gasteiger partial charge on any atom is 0.260 e. The molecule has 7 nitrogen and oxygen atoms in total. The quantitative estimate of drug-likeness (QED) is 0.831. The van der Waals surface area contributed by atoms with E-state index in [1.165, 1.54) is 11.3 Å². The number of fused-ring (bicyclic) bond motifs is 3. The Bertz CT molecular complexity index is 815. The number of aromatic nitrogens is 1. The molecule has 2 aromatic rings. The number of ether oxygens (including phenoxy) is 2. The highest BCUT2D eigenvalue weighted by Gasteiger charge is 2.29. The molecule has 0 aliphatic carbocycles. The first-order chi connectivity index (χ1) is 12.6. The average molecular weight is 378 g/mol. The van der Waals surface area contributed by atoms with Crippen LogP contribution in [0.2, 0.25) is 0 Å². The van der Waals surface area contributed by atoms with Gasteiger partial charge in [0.15, 0.2) is 0 Å². The van der Waals surface area contributed by atoms with Gasteiger partial charge in [-0.3, -0.25) is 4.79 Å². The van der Waals surface area contributed by atoms with Crippen LogP contribution in [0.3, 0.4) is 0 Å². The van der Waals surface area contributed by atoms with Crippen molar-refractivity contribution in [3.8, 4) is 0 Å². The minimum Gasteiger partial charge on any atom is -0.397 e. The van der Waals surface area contributed by atoms with Gasteiger partial charge in [0.05, 0.1) is 31.6 Å². The molecule has 0 bridgehead atoms. The predicted octanol–water partition coefficient (Wildman–Crippen LogP) is 2.30. The number of nitrogens with zero attached hydrogens (tertiary/aromatic N) is 2. The van der Waals surface area contributed by atoms with Gasteiger partial charge >= 0.3 is 0 Å². The molecule has 4 N–H and O–H groups in total. The second-order valence-corrected chi connectivity index (χ2v) is 7.21. The zero-order chi connectivity index (χ0) is 18.8. The number of morpholine rings is 1. The number of pyridine rings is 1. The molecule has 2 aromatic heterocycles. The van der Waals surface area contributed by atoms with Gasteiger partial charge in [0.1, 0.15) is 15.5 Å². The van der Waals surface area contributed by atoms with E-state index in [1.807, 2.05) is 20.8 Å².